The van der Waals surface area contributed by atoms with Gasteiger partial charge in [0.05, 0.1) is 11.7 Å². The monoisotopic (exact) mass is 221 g/mol. The maximum Gasteiger partial charge on any atom is 0.124 e. The van der Waals surface area contributed by atoms with Crippen LogP contribution in [0.15, 0.2) is 11.6 Å². The minimum Gasteiger partial charge on any atom is -0.309 e. The Kier molecular flexibility index (Phi) is 2.25. The number of nitrogens with one attached hydrogen (secondary N) is 1. The van der Waals surface area contributed by atoms with Crippen molar-refractivity contribution in [2.45, 2.75) is 32.2 Å². The highest BCUT2D eigenvalue weighted by molar-refractivity contribution is 7.15. The Morgan fingerprint density at radius 1 is 1.53 bits per heavy atom. The molecule has 1 fully saturated rings. The summed E-state index contributed by atoms with van der Waals surface area (Å²) in [5.74, 6) is 1.11. The van der Waals surface area contributed by atoms with Crippen LogP contribution in [0.25, 0.3) is 4.83 Å². The van der Waals surface area contributed by atoms with Crippen molar-refractivity contribution in [3.8, 4) is 0 Å². The molecule has 1 N–H and O–H groups in total. The van der Waals surface area contributed by atoms with Crippen LogP contribution in [0.4, 0.5) is 0 Å². The van der Waals surface area contributed by atoms with E-state index in [1.54, 1.807) is 11.3 Å². The average Bonchev–Trinajstić information content (AvgIpc) is 2.84. The molecule has 1 saturated heterocycles. The van der Waals surface area contributed by atoms with E-state index in [4.69, 9.17) is 0 Å². The summed E-state index contributed by atoms with van der Waals surface area (Å²) >= 11 is 1.79. The van der Waals surface area contributed by atoms with E-state index in [2.05, 4.69) is 33.2 Å². The summed E-state index contributed by atoms with van der Waals surface area (Å²) in [4.78, 5) is 6.00. The lowest BCUT2D eigenvalue weighted by Crippen LogP contribution is -2.27. The average molecular weight is 221 g/mol. The van der Waals surface area contributed by atoms with Crippen molar-refractivity contribution in [1.82, 2.24) is 14.7 Å². The van der Waals surface area contributed by atoms with Crippen LogP contribution in [0.3, 0.4) is 0 Å². The van der Waals surface area contributed by atoms with Crippen LogP contribution in [0, 0.1) is 6.92 Å². The third-order valence-electron chi connectivity index (χ3n) is 3.10. The summed E-state index contributed by atoms with van der Waals surface area (Å²) in [6.07, 6.45) is 5.96. The molecule has 0 amide bonds. The first-order valence-electron chi connectivity index (χ1n) is 5.51. The Labute approximate surface area is 93.1 Å². The first-order chi connectivity index (χ1) is 7.36. The molecule has 0 radical (unpaired) electrons. The lowest BCUT2D eigenvalue weighted by atomic mass is 10.0. The second kappa shape index (κ2) is 3.61. The van der Waals surface area contributed by atoms with Gasteiger partial charge in [-0.25, -0.2) is 4.98 Å². The second-order valence-corrected chi connectivity index (χ2v) is 5.02. The number of aryl methyl sites for hydroxylation is 1. The largest absolute Gasteiger partial charge is 0.309 e. The number of thiazole rings is 1. The Morgan fingerprint density at radius 2 is 2.47 bits per heavy atom. The summed E-state index contributed by atoms with van der Waals surface area (Å²) in [7, 11) is 0. The molecule has 1 atom stereocenters. The van der Waals surface area contributed by atoms with Gasteiger partial charge in [-0.3, -0.25) is 4.40 Å². The highest BCUT2D eigenvalue weighted by Crippen LogP contribution is 2.28. The van der Waals surface area contributed by atoms with E-state index in [-0.39, 0.29) is 0 Å². The van der Waals surface area contributed by atoms with Crippen LogP contribution in [0.5, 0.6) is 0 Å². The number of hydrogen-bond acceptors (Lipinski definition) is 3. The van der Waals surface area contributed by atoms with Crippen molar-refractivity contribution in [1.29, 1.82) is 0 Å². The van der Waals surface area contributed by atoms with E-state index in [1.165, 1.54) is 29.8 Å². The highest BCUT2D eigenvalue weighted by atomic mass is 32.1. The van der Waals surface area contributed by atoms with Crippen LogP contribution in [0.1, 0.15) is 36.8 Å². The van der Waals surface area contributed by atoms with Crippen molar-refractivity contribution in [2.24, 2.45) is 0 Å². The molecule has 0 aromatic carbocycles. The van der Waals surface area contributed by atoms with Crippen LogP contribution in [-0.2, 0) is 0 Å². The molecule has 0 unspecified atom stereocenters. The third-order valence-corrected chi connectivity index (χ3v) is 3.99. The normalized spacial score (nSPS) is 22.3. The van der Waals surface area contributed by atoms with Gasteiger partial charge in [-0.2, -0.15) is 0 Å². The molecule has 1 aliphatic heterocycles. The number of imidazole rings is 1. The Morgan fingerprint density at radius 3 is 3.27 bits per heavy atom. The molecule has 1 aliphatic rings. The molecule has 3 heterocycles. The molecular formula is C11H15N3S. The predicted molar refractivity (Wildman–Crippen MR) is 62.4 cm³/mol. The van der Waals surface area contributed by atoms with Gasteiger partial charge < -0.3 is 5.32 Å². The van der Waals surface area contributed by atoms with Gasteiger partial charge in [0.1, 0.15) is 10.7 Å². The smallest absolute Gasteiger partial charge is 0.124 e. The van der Waals surface area contributed by atoms with Crippen molar-refractivity contribution >= 4 is 16.2 Å². The molecule has 15 heavy (non-hydrogen) atoms. The van der Waals surface area contributed by atoms with Crippen LogP contribution < -0.4 is 5.32 Å². The van der Waals surface area contributed by atoms with Gasteiger partial charge in [-0.05, 0) is 26.3 Å². The molecule has 2 aromatic rings. The quantitative estimate of drug-likeness (QED) is 0.801. The van der Waals surface area contributed by atoms with Crippen molar-refractivity contribution in [2.75, 3.05) is 6.54 Å². The van der Waals surface area contributed by atoms with Crippen LogP contribution >= 0.6 is 11.3 Å². The maximum absolute atomic E-state index is 4.68. The van der Waals surface area contributed by atoms with Gasteiger partial charge in [0.25, 0.3) is 0 Å². The lowest BCUT2D eigenvalue weighted by molar-refractivity contribution is 0.408. The Hall–Kier alpha value is -0.870. The molecule has 4 heteroatoms. The number of nitrogens with zero attached hydrogens (tertiary/aromatic N) is 2. The van der Waals surface area contributed by atoms with Gasteiger partial charge in [-0.15, -0.1) is 11.3 Å². The lowest BCUT2D eigenvalue weighted by Gasteiger charge is -2.21. The second-order valence-electron chi connectivity index (χ2n) is 4.12. The SMILES string of the molecule is Cc1nc([C@@H]2CCCCN2)c2sccn12. The summed E-state index contributed by atoms with van der Waals surface area (Å²) in [6, 6.07) is 0.473. The number of hydrogen-bond donors (Lipinski definition) is 1. The minimum atomic E-state index is 0.473. The molecule has 0 saturated carbocycles. The van der Waals surface area contributed by atoms with Crippen molar-refractivity contribution in [3.63, 3.8) is 0 Å². The van der Waals surface area contributed by atoms with Crippen LogP contribution in [0.2, 0.25) is 0 Å². The van der Waals surface area contributed by atoms with Crippen molar-refractivity contribution < 1.29 is 0 Å². The Bertz CT molecular complexity index is 465. The summed E-state index contributed by atoms with van der Waals surface area (Å²) in [5, 5.41) is 5.70. The highest BCUT2D eigenvalue weighted by Gasteiger charge is 2.21. The van der Waals surface area contributed by atoms with E-state index in [1.807, 2.05) is 0 Å². The molecule has 3 rings (SSSR count). The number of rotatable bonds is 1. The molecule has 2 aromatic heterocycles. The summed E-state index contributed by atoms with van der Waals surface area (Å²) < 4.78 is 2.19. The molecule has 0 aliphatic carbocycles. The zero-order valence-electron chi connectivity index (χ0n) is 8.86. The third kappa shape index (κ3) is 1.48. The number of piperidine rings is 1. The van der Waals surface area contributed by atoms with E-state index < -0.39 is 0 Å². The van der Waals surface area contributed by atoms with E-state index in [0.29, 0.717) is 6.04 Å². The van der Waals surface area contributed by atoms with E-state index >= 15 is 0 Å². The van der Waals surface area contributed by atoms with Crippen molar-refractivity contribution in [3.05, 3.63) is 23.1 Å². The topological polar surface area (TPSA) is 29.3 Å². The fourth-order valence-corrected chi connectivity index (χ4v) is 3.23. The zero-order valence-corrected chi connectivity index (χ0v) is 9.68. The van der Waals surface area contributed by atoms with Gasteiger partial charge in [-0.1, -0.05) is 6.42 Å². The fourth-order valence-electron chi connectivity index (χ4n) is 2.31. The molecule has 0 bridgehead atoms. The first-order valence-corrected chi connectivity index (χ1v) is 6.39. The molecule has 3 nitrogen and oxygen atoms in total. The van der Waals surface area contributed by atoms with Gasteiger partial charge in [0.2, 0.25) is 0 Å². The van der Waals surface area contributed by atoms with E-state index in [0.717, 1.165) is 12.4 Å². The standard InChI is InChI=1S/C11H15N3S/c1-8-13-10(9-4-2-3-5-12-9)11-14(8)6-7-15-11/h6-7,9,12H,2-5H2,1H3/t9-/m0/s1. The van der Waals surface area contributed by atoms with Gasteiger partial charge >= 0.3 is 0 Å². The summed E-state index contributed by atoms with van der Waals surface area (Å²) in [5.41, 5.74) is 1.25. The number of aromatic nitrogens is 2. The minimum absolute atomic E-state index is 0.473. The fraction of sp³-hybridized carbons (Fsp3) is 0.545. The van der Waals surface area contributed by atoms with Crippen LogP contribution in [-0.4, -0.2) is 15.9 Å². The zero-order chi connectivity index (χ0) is 10.3. The van der Waals surface area contributed by atoms with E-state index in [9.17, 15) is 0 Å². The van der Waals surface area contributed by atoms with Gasteiger partial charge in [0.15, 0.2) is 0 Å². The van der Waals surface area contributed by atoms with Gasteiger partial charge in [0, 0.05) is 11.6 Å². The summed E-state index contributed by atoms with van der Waals surface area (Å²) in [6.45, 7) is 3.21. The Balaban J connectivity index is 2.05. The molecule has 0 spiro atoms. The maximum atomic E-state index is 4.68. The number of fused-ring (bicyclic) bond motifs is 1. The predicted octanol–water partition coefficient (Wildman–Crippen LogP) is 2.52. The molecule has 80 valence electrons. The first kappa shape index (κ1) is 9.36. The molecular weight excluding hydrogens is 206 g/mol.